The first-order valence-electron chi connectivity index (χ1n) is 6.26. The Balaban J connectivity index is 2.36. The molecule has 0 bridgehead atoms. The van der Waals surface area contributed by atoms with Gasteiger partial charge in [-0.25, -0.2) is 0 Å². The number of hydrogen-bond acceptors (Lipinski definition) is 3. The summed E-state index contributed by atoms with van der Waals surface area (Å²) in [6, 6.07) is 11.8. The summed E-state index contributed by atoms with van der Waals surface area (Å²) in [5, 5.41) is 0. The van der Waals surface area contributed by atoms with Gasteiger partial charge in [-0.05, 0) is 37.6 Å². The lowest BCUT2D eigenvalue weighted by molar-refractivity contribution is 0.377. The van der Waals surface area contributed by atoms with Gasteiger partial charge in [-0.3, -0.25) is 0 Å². The van der Waals surface area contributed by atoms with Crippen LogP contribution in [0.5, 0.6) is 17.2 Å². The van der Waals surface area contributed by atoms with E-state index in [9.17, 15) is 0 Å². The highest BCUT2D eigenvalue weighted by Gasteiger charge is 2.08. The highest BCUT2D eigenvalue weighted by Crippen LogP contribution is 2.33. The number of aryl methyl sites for hydroxylation is 2. The molecule has 0 atom stereocenters. The highest BCUT2D eigenvalue weighted by molar-refractivity contribution is 5.47. The van der Waals surface area contributed by atoms with Gasteiger partial charge in [0.25, 0.3) is 0 Å². The van der Waals surface area contributed by atoms with E-state index in [0.29, 0.717) is 12.3 Å². The molecule has 0 heterocycles. The summed E-state index contributed by atoms with van der Waals surface area (Å²) in [5.74, 6) is 2.20. The summed E-state index contributed by atoms with van der Waals surface area (Å²) < 4.78 is 11.3. The van der Waals surface area contributed by atoms with Gasteiger partial charge < -0.3 is 15.2 Å². The van der Waals surface area contributed by atoms with Gasteiger partial charge in [0.05, 0.1) is 7.11 Å². The minimum atomic E-state index is 0.450. The van der Waals surface area contributed by atoms with Gasteiger partial charge in [0.1, 0.15) is 5.75 Å². The molecule has 0 aliphatic heterocycles. The second kappa shape index (κ2) is 5.76. The minimum Gasteiger partial charge on any atom is -0.493 e. The molecule has 19 heavy (non-hydrogen) atoms. The molecule has 2 aromatic rings. The number of nitrogens with two attached hydrogens (primary N) is 1. The van der Waals surface area contributed by atoms with Crippen molar-refractivity contribution in [2.45, 2.75) is 20.4 Å². The van der Waals surface area contributed by atoms with Crippen LogP contribution in [0.1, 0.15) is 16.7 Å². The van der Waals surface area contributed by atoms with Crippen LogP contribution in [0.2, 0.25) is 0 Å². The van der Waals surface area contributed by atoms with E-state index in [1.807, 2.05) is 50.2 Å². The normalized spacial score (nSPS) is 10.3. The average molecular weight is 257 g/mol. The molecule has 0 amide bonds. The summed E-state index contributed by atoms with van der Waals surface area (Å²) in [4.78, 5) is 0. The zero-order chi connectivity index (χ0) is 13.8. The van der Waals surface area contributed by atoms with Gasteiger partial charge in [-0.1, -0.05) is 23.8 Å². The number of hydrogen-bond donors (Lipinski definition) is 1. The molecule has 0 saturated heterocycles. The third kappa shape index (κ3) is 3.06. The van der Waals surface area contributed by atoms with Crippen LogP contribution in [-0.4, -0.2) is 7.11 Å². The molecule has 0 aliphatic rings. The molecule has 0 radical (unpaired) electrons. The molecule has 100 valence electrons. The molecule has 0 unspecified atom stereocenters. The van der Waals surface area contributed by atoms with E-state index < -0.39 is 0 Å². The Kier molecular flexibility index (Phi) is 4.07. The van der Waals surface area contributed by atoms with Crippen molar-refractivity contribution in [2.75, 3.05) is 7.11 Å². The molecule has 2 aromatic carbocycles. The van der Waals surface area contributed by atoms with E-state index in [0.717, 1.165) is 22.6 Å². The fourth-order valence-corrected chi connectivity index (χ4v) is 1.94. The van der Waals surface area contributed by atoms with Crippen molar-refractivity contribution in [2.24, 2.45) is 5.73 Å². The highest BCUT2D eigenvalue weighted by atomic mass is 16.5. The summed E-state index contributed by atoms with van der Waals surface area (Å²) in [7, 11) is 1.64. The molecule has 0 aliphatic carbocycles. The van der Waals surface area contributed by atoms with Gasteiger partial charge in [-0.2, -0.15) is 0 Å². The molecule has 0 spiro atoms. The zero-order valence-electron chi connectivity index (χ0n) is 11.6. The van der Waals surface area contributed by atoms with Gasteiger partial charge in [-0.15, -0.1) is 0 Å². The first-order chi connectivity index (χ1) is 9.13. The number of rotatable bonds is 4. The lowest BCUT2D eigenvalue weighted by Crippen LogP contribution is -2.00. The SMILES string of the molecule is COc1cc(C)ccc1Oc1ccc(C)cc1CN. The smallest absolute Gasteiger partial charge is 0.169 e. The van der Waals surface area contributed by atoms with Crippen LogP contribution in [0.4, 0.5) is 0 Å². The van der Waals surface area contributed by atoms with Crippen LogP contribution >= 0.6 is 0 Å². The van der Waals surface area contributed by atoms with E-state index >= 15 is 0 Å². The standard InChI is InChI=1S/C16H19NO2/c1-11-4-6-14(13(8-11)10-17)19-15-7-5-12(2)9-16(15)18-3/h4-9H,10,17H2,1-3H3. The third-order valence-corrected chi connectivity index (χ3v) is 2.97. The molecule has 3 heteroatoms. The van der Waals surface area contributed by atoms with E-state index in [1.54, 1.807) is 7.11 Å². The van der Waals surface area contributed by atoms with Crippen LogP contribution in [-0.2, 0) is 6.54 Å². The third-order valence-electron chi connectivity index (χ3n) is 2.97. The van der Waals surface area contributed by atoms with Gasteiger partial charge >= 0.3 is 0 Å². The average Bonchev–Trinajstić information content (AvgIpc) is 2.42. The monoisotopic (exact) mass is 257 g/mol. The van der Waals surface area contributed by atoms with E-state index in [1.165, 1.54) is 5.56 Å². The second-order valence-electron chi connectivity index (χ2n) is 4.57. The molecule has 2 N–H and O–H groups in total. The van der Waals surface area contributed by atoms with Crippen molar-refractivity contribution in [3.8, 4) is 17.2 Å². The van der Waals surface area contributed by atoms with E-state index in [4.69, 9.17) is 15.2 Å². The fraction of sp³-hybridized carbons (Fsp3) is 0.250. The predicted octanol–water partition coefficient (Wildman–Crippen LogP) is 3.56. The van der Waals surface area contributed by atoms with Crippen LogP contribution in [0.3, 0.4) is 0 Å². The van der Waals surface area contributed by atoms with Crippen molar-refractivity contribution in [1.82, 2.24) is 0 Å². The summed E-state index contributed by atoms with van der Waals surface area (Å²) in [6.07, 6.45) is 0. The molecule has 0 saturated carbocycles. The molecule has 3 nitrogen and oxygen atoms in total. The van der Waals surface area contributed by atoms with Crippen molar-refractivity contribution in [1.29, 1.82) is 0 Å². The van der Waals surface area contributed by atoms with Gasteiger partial charge in [0.2, 0.25) is 0 Å². The largest absolute Gasteiger partial charge is 0.493 e. The van der Waals surface area contributed by atoms with Crippen LogP contribution in [0, 0.1) is 13.8 Å². The molecule has 0 aromatic heterocycles. The van der Waals surface area contributed by atoms with Crippen molar-refractivity contribution in [3.05, 3.63) is 53.1 Å². The van der Waals surface area contributed by atoms with E-state index in [-0.39, 0.29) is 0 Å². The zero-order valence-corrected chi connectivity index (χ0v) is 11.6. The predicted molar refractivity (Wildman–Crippen MR) is 76.9 cm³/mol. The Morgan fingerprint density at radius 2 is 1.53 bits per heavy atom. The van der Waals surface area contributed by atoms with Crippen LogP contribution < -0.4 is 15.2 Å². The maximum atomic E-state index is 5.93. The van der Waals surface area contributed by atoms with Crippen molar-refractivity contribution in [3.63, 3.8) is 0 Å². The molecular formula is C16H19NO2. The van der Waals surface area contributed by atoms with E-state index in [2.05, 4.69) is 0 Å². The first-order valence-corrected chi connectivity index (χ1v) is 6.26. The Morgan fingerprint density at radius 3 is 2.16 bits per heavy atom. The number of benzene rings is 2. The first kappa shape index (κ1) is 13.4. The van der Waals surface area contributed by atoms with Crippen LogP contribution in [0.15, 0.2) is 36.4 Å². The quantitative estimate of drug-likeness (QED) is 0.910. The topological polar surface area (TPSA) is 44.5 Å². The molecule has 0 fully saturated rings. The Morgan fingerprint density at radius 1 is 0.895 bits per heavy atom. The fourth-order valence-electron chi connectivity index (χ4n) is 1.94. The minimum absolute atomic E-state index is 0.450. The number of methoxy groups -OCH3 is 1. The van der Waals surface area contributed by atoms with Crippen molar-refractivity contribution >= 4 is 0 Å². The maximum absolute atomic E-state index is 5.93. The Bertz CT molecular complexity index is 527. The van der Waals surface area contributed by atoms with Gasteiger partial charge in [0, 0.05) is 12.1 Å². The second-order valence-corrected chi connectivity index (χ2v) is 4.57. The number of ether oxygens (including phenoxy) is 2. The molecule has 2 rings (SSSR count). The Labute approximate surface area is 114 Å². The lowest BCUT2D eigenvalue weighted by Gasteiger charge is -2.14. The maximum Gasteiger partial charge on any atom is 0.169 e. The Hall–Kier alpha value is -2.00. The summed E-state index contributed by atoms with van der Waals surface area (Å²) in [5.41, 5.74) is 9.05. The summed E-state index contributed by atoms with van der Waals surface area (Å²) >= 11 is 0. The lowest BCUT2D eigenvalue weighted by atomic mass is 10.1. The summed E-state index contributed by atoms with van der Waals surface area (Å²) in [6.45, 7) is 4.50. The van der Waals surface area contributed by atoms with Crippen molar-refractivity contribution < 1.29 is 9.47 Å². The molecular weight excluding hydrogens is 238 g/mol. The van der Waals surface area contributed by atoms with Gasteiger partial charge in [0.15, 0.2) is 11.5 Å². The van der Waals surface area contributed by atoms with Crippen LogP contribution in [0.25, 0.3) is 0 Å².